The van der Waals surface area contributed by atoms with Gasteiger partial charge >= 0.3 is 6.16 Å². The molecule has 0 aliphatic carbocycles. The lowest BCUT2D eigenvalue weighted by molar-refractivity contribution is -0.220. The number of rotatable bonds is 9. The third-order valence-corrected chi connectivity index (χ3v) is 1.60. The zero-order valence-corrected chi connectivity index (χ0v) is 10.5. The molecule has 0 saturated heterocycles. The Labute approximate surface area is 101 Å². The quantitative estimate of drug-likeness (QED) is 0.268. The molecule has 0 aromatic rings. The first kappa shape index (κ1) is 15.9. The molecule has 2 unspecified atom stereocenters. The molecule has 0 aliphatic heterocycles. The molecule has 0 bridgehead atoms. The van der Waals surface area contributed by atoms with E-state index >= 15 is 0 Å². The predicted octanol–water partition coefficient (Wildman–Crippen LogP) is 1.70. The molecule has 0 aliphatic rings. The van der Waals surface area contributed by atoms with Gasteiger partial charge in [-0.05, 0) is 13.8 Å². The Bertz CT molecular complexity index is 218. The summed E-state index contributed by atoms with van der Waals surface area (Å²) in [5, 5.41) is 0. The third kappa shape index (κ3) is 9.80. The highest BCUT2D eigenvalue weighted by Crippen LogP contribution is 2.03. The lowest BCUT2D eigenvalue weighted by atomic mass is 10.6. The summed E-state index contributed by atoms with van der Waals surface area (Å²) in [4.78, 5) is 11.0. The number of hydrogen-bond donors (Lipinski definition) is 0. The van der Waals surface area contributed by atoms with Crippen molar-refractivity contribution in [1.82, 2.24) is 0 Å². The molecule has 0 spiro atoms. The predicted molar refractivity (Wildman–Crippen MR) is 60.5 cm³/mol. The molecule has 6 nitrogen and oxygen atoms in total. The maximum absolute atomic E-state index is 11.0. The van der Waals surface area contributed by atoms with Crippen molar-refractivity contribution >= 4 is 6.16 Å². The highest BCUT2D eigenvalue weighted by atomic mass is 16.8. The van der Waals surface area contributed by atoms with Gasteiger partial charge in [0.2, 0.25) is 6.29 Å². The molecule has 0 aromatic heterocycles. The standard InChI is InChI=1S/C11H20O6/c1-5-6-15-11(12)17-10(3)16-9(2)14-8-7-13-4/h5,9-10H,1,6-8H2,2-4H3. The van der Waals surface area contributed by atoms with Crippen molar-refractivity contribution in [2.45, 2.75) is 26.4 Å². The summed E-state index contributed by atoms with van der Waals surface area (Å²) in [5.74, 6) is 0. The van der Waals surface area contributed by atoms with Gasteiger partial charge in [-0.1, -0.05) is 12.7 Å². The van der Waals surface area contributed by atoms with Gasteiger partial charge in [0, 0.05) is 7.11 Å². The molecular formula is C11H20O6. The first-order chi connectivity index (χ1) is 8.10. The molecule has 0 N–H and O–H groups in total. The van der Waals surface area contributed by atoms with Crippen molar-refractivity contribution in [3.63, 3.8) is 0 Å². The Kier molecular flexibility index (Phi) is 9.41. The fourth-order valence-electron chi connectivity index (χ4n) is 0.931. The lowest BCUT2D eigenvalue weighted by Crippen LogP contribution is -2.26. The zero-order chi connectivity index (χ0) is 13.1. The van der Waals surface area contributed by atoms with Gasteiger partial charge in [0.1, 0.15) is 6.61 Å². The minimum atomic E-state index is -0.804. The van der Waals surface area contributed by atoms with Crippen LogP contribution in [0.15, 0.2) is 12.7 Å². The summed E-state index contributed by atoms with van der Waals surface area (Å²) < 4.78 is 24.7. The van der Waals surface area contributed by atoms with Crippen molar-refractivity contribution < 1.29 is 28.5 Å². The minimum Gasteiger partial charge on any atom is -0.430 e. The van der Waals surface area contributed by atoms with Crippen molar-refractivity contribution in [3.8, 4) is 0 Å². The average Bonchev–Trinajstić information content (AvgIpc) is 2.26. The van der Waals surface area contributed by atoms with Gasteiger partial charge in [0.15, 0.2) is 6.29 Å². The van der Waals surface area contributed by atoms with Crippen molar-refractivity contribution in [2.24, 2.45) is 0 Å². The topological polar surface area (TPSA) is 63.2 Å². The number of ether oxygens (including phenoxy) is 5. The van der Waals surface area contributed by atoms with E-state index in [9.17, 15) is 4.79 Å². The fourth-order valence-corrected chi connectivity index (χ4v) is 0.931. The van der Waals surface area contributed by atoms with Crippen LogP contribution < -0.4 is 0 Å². The molecule has 0 aromatic carbocycles. The van der Waals surface area contributed by atoms with E-state index in [2.05, 4.69) is 11.3 Å². The summed E-state index contributed by atoms with van der Waals surface area (Å²) in [6, 6.07) is 0. The normalized spacial score (nSPS) is 13.8. The number of carbonyl (C=O) groups is 1. The summed E-state index contributed by atoms with van der Waals surface area (Å²) in [5.41, 5.74) is 0. The van der Waals surface area contributed by atoms with Crippen LogP contribution in [0.4, 0.5) is 4.79 Å². The van der Waals surface area contributed by atoms with Gasteiger partial charge in [-0.2, -0.15) is 0 Å². The van der Waals surface area contributed by atoms with E-state index in [1.807, 2.05) is 0 Å². The average molecular weight is 248 g/mol. The second-order valence-corrected chi connectivity index (χ2v) is 3.10. The van der Waals surface area contributed by atoms with Crippen LogP contribution >= 0.6 is 0 Å². The largest absolute Gasteiger partial charge is 0.510 e. The second-order valence-electron chi connectivity index (χ2n) is 3.10. The zero-order valence-electron chi connectivity index (χ0n) is 10.5. The SMILES string of the molecule is C=CCOC(=O)OC(C)OC(C)OCCOC. The number of carbonyl (C=O) groups excluding carboxylic acids is 1. The summed E-state index contributed by atoms with van der Waals surface area (Å²) in [6.07, 6.45) is -0.595. The monoisotopic (exact) mass is 248 g/mol. The maximum atomic E-state index is 11.0. The Morgan fingerprint density at radius 3 is 2.59 bits per heavy atom. The van der Waals surface area contributed by atoms with Crippen LogP contribution in [0.25, 0.3) is 0 Å². The highest BCUT2D eigenvalue weighted by molar-refractivity contribution is 5.60. The van der Waals surface area contributed by atoms with Gasteiger partial charge in [-0.15, -0.1) is 0 Å². The molecule has 0 heterocycles. The van der Waals surface area contributed by atoms with Crippen molar-refractivity contribution in [1.29, 1.82) is 0 Å². The van der Waals surface area contributed by atoms with Crippen LogP contribution in [0.2, 0.25) is 0 Å². The van der Waals surface area contributed by atoms with Gasteiger partial charge in [-0.25, -0.2) is 4.79 Å². The number of methoxy groups -OCH3 is 1. The van der Waals surface area contributed by atoms with E-state index in [0.29, 0.717) is 13.2 Å². The summed E-state index contributed by atoms with van der Waals surface area (Å²) >= 11 is 0. The smallest absolute Gasteiger partial charge is 0.430 e. The molecule has 0 rings (SSSR count). The highest BCUT2D eigenvalue weighted by Gasteiger charge is 2.14. The molecule has 2 atom stereocenters. The maximum Gasteiger partial charge on any atom is 0.510 e. The molecule has 0 radical (unpaired) electrons. The third-order valence-electron chi connectivity index (χ3n) is 1.60. The van der Waals surface area contributed by atoms with Crippen LogP contribution in [0.3, 0.4) is 0 Å². The van der Waals surface area contributed by atoms with Gasteiger partial charge in [0.25, 0.3) is 0 Å². The fraction of sp³-hybridized carbons (Fsp3) is 0.727. The van der Waals surface area contributed by atoms with Gasteiger partial charge < -0.3 is 23.7 Å². The van der Waals surface area contributed by atoms with E-state index in [4.69, 9.17) is 18.9 Å². The van der Waals surface area contributed by atoms with Crippen LogP contribution in [-0.4, -0.2) is 45.7 Å². The van der Waals surface area contributed by atoms with Crippen molar-refractivity contribution in [3.05, 3.63) is 12.7 Å². The molecule has 0 saturated carbocycles. The van der Waals surface area contributed by atoms with Gasteiger partial charge in [0.05, 0.1) is 13.2 Å². The minimum absolute atomic E-state index is 0.103. The van der Waals surface area contributed by atoms with E-state index in [0.717, 1.165) is 0 Å². The molecule has 0 fully saturated rings. The molecule has 0 amide bonds. The Morgan fingerprint density at radius 2 is 2.00 bits per heavy atom. The first-order valence-corrected chi connectivity index (χ1v) is 5.30. The van der Waals surface area contributed by atoms with Crippen molar-refractivity contribution in [2.75, 3.05) is 26.9 Å². The van der Waals surface area contributed by atoms with Crippen LogP contribution in [0.1, 0.15) is 13.8 Å². The van der Waals surface area contributed by atoms with E-state index in [1.54, 1.807) is 21.0 Å². The molecule has 17 heavy (non-hydrogen) atoms. The van der Waals surface area contributed by atoms with Crippen LogP contribution in [0.5, 0.6) is 0 Å². The van der Waals surface area contributed by atoms with E-state index in [-0.39, 0.29) is 6.61 Å². The first-order valence-electron chi connectivity index (χ1n) is 5.30. The Balaban J connectivity index is 3.65. The van der Waals surface area contributed by atoms with E-state index < -0.39 is 18.7 Å². The Hall–Kier alpha value is -1.11. The second kappa shape index (κ2) is 10.1. The molecule has 100 valence electrons. The van der Waals surface area contributed by atoms with E-state index in [1.165, 1.54) is 6.08 Å². The molecule has 6 heteroatoms. The summed E-state index contributed by atoms with van der Waals surface area (Å²) in [7, 11) is 1.58. The Morgan fingerprint density at radius 1 is 1.29 bits per heavy atom. The molecular weight excluding hydrogens is 228 g/mol. The summed E-state index contributed by atoms with van der Waals surface area (Å²) in [6.45, 7) is 7.67. The van der Waals surface area contributed by atoms with Gasteiger partial charge in [-0.3, -0.25) is 0 Å². The van der Waals surface area contributed by atoms with Crippen LogP contribution in [0, 0.1) is 0 Å². The number of hydrogen-bond acceptors (Lipinski definition) is 6. The lowest BCUT2D eigenvalue weighted by Gasteiger charge is -2.19. The van der Waals surface area contributed by atoms with Crippen LogP contribution in [-0.2, 0) is 23.7 Å².